The molecule has 2 nitrogen and oxygen atoms in total. The van der Waals surface area contributed by atoms with Crippen molar-refractivity contribution < 1.29 is 0 Å². The summed E-state index contributed by atoms with van der Waals surface area (Å²) in [7, 11) is 2.30. The van der Waals surface area contributed by atoms with Gasteiger partial charge in [-0.15, -0.1) is 0 Å². The maximum Gasteiger partial charge on any atom is 0.0337 e. The average Bonchev–Trinajstić information content (AvgIpc) is 2.42. The smallest absolute Gasteiger partial charge is 0.0337 e. The maximum absolute atomic E-state index is 3.73. The Kier molecular flexibility index (Phi) is 10.0. The van der Waals surface area contributed by atoms with Gasteiger partial charge in [0.25, 0.3) is 0 Å². The van der Waals surface area contributed by atoms with Crippen LogP contribution in [0.5, 0.6) is 0 Å². The fourth-order valence-electron chi connectivity index (χ4n) is 2.97. The van der Waals surface area contributed by atoms with Crippen LogP contribution in [-0.2, 0) is 0 Å². The van der Waals surface area contributed by atoms with Crippen LogP contribution in [0.3, 0.4) is 0 Å². The van der Waals surface area contributed by atoms with E-state index < -0.39 is 0 Å². The summed E-state index contributed by atoms with van der Waals surface area (Å²) in [5.41, 5.74) is 0. The minimum Gasteiger partial charge on any atom is -0.313 e. The Balaban J connectivity index is 2.23. The number of rotatable bonds is 10. The molecule has 1 rings (SSSR count). The Bertz CT molecular complexity index is 211. The molecular weight excluding hydrogens is 252 g/mol. The van der Waals surface area contributed by atoms with Gasteiger partial charge in [0.1, 0.15) is 0 Å². The largest absolute Gasteiger partial charge is 0.313 e. The lowest BCUT2D eigenvalue weighted by Crippen LogP contribution is -2.52. The molecule has 3 heteroatoms. The summed E-state index contributed by atoms with van der Waals surface area (Å²) >= 11 is 2.13. The molecule has 1 fully saturated rings. The monoisotopic (exact) mass is 286 g/mol. The molecule has 19 heavy (non-hydrogen) atoms. The van der Waals surface area contributed by atoms with Crippen LogP contribution >= 0.6 is 11.8 Å². The molecule has 1 saturated heterocycles. The molecule has 0 spiro atoms. The molecule has 0 aliphatic carbocycles. The molecule has 114 valence electrons. The highest BCUT2D eigenvalue weighted by molar-refractivity contribution is 7.99. The quantitative estimate of drug-likeness (QED) is 0.616. The Labute approximate surface area is 125 Å². The predicted octanol–water partition coefficient (Wildman–Crippen LogP) is 3.76. The first-order chi connectivity index (χ1) is 9.29. The standard InChI is InChI=1S/C16H34N2S/c1-4-6-7-8-9-10-11-15(17-5-2)16-14-19-13-12-18(16)3/h15-17H,4-14H2,1-3H3. The van der Waals surface area contributed by atoms with Gasteiger partial charge in [0.15, 0.2) is 0 Å². The van der Waals surface area contributed by atoms with Gasteiger partial charge in [0.05, 0.1) is 0 Å². The van der Waals surface area contributed by atoms with Crippen molar-refractivity contribution in [2.24, 2.45) is 0 Å². The van der Waals surface area contributed by atoms with E-state index in [9.17, 15) is 0 Å². The van der Waals surface area contributed by atoms with E-state index in [1.54, 1.807) is 0 Å². The second-order valence-electron chi connectivity index (χ2n) is 5.84. The number of likely N-dealkylation sites (N-methyl/N-ethyl adjacent to an activating group) is 2. The Morgan fingerprint density at radius 3 is 2.58 bits per heavy atom. The van der Waals surface area contributed by atoms with E-state index in [4.69, 9.17) is 0 Å². The molecule has 0 aromatic rings. The summed E-state index contributed by atoms with van der Waals surface area (Å²) in [4.78, 5) is 2.57. The first-order valence-electron chi connectivity index (χ1n) is 8.31. The van der Waals surface area contributed by atoms with Crippen molar-refractivity contribution in [1.29, 1.82) is 0 Å². The highest BCUT2D eigenvalue weighted by Gasteiger charge is 2.26. The lowest BCUT2D eigenvalue weighted by atomic mass is 10.00. The van der Waals surface area contributed by atoms with Crippen molar-refractivity contribution in [3.63, 3.8) is 0 Å². The Morgan fingerprint density at radius 2 is 1.89 bits per heavy atom. The summed E-state index contributed by atoms with van der Waals surface area (Å²) in [5.74, 6) is 2.62. The van der Waals surface area contributed by atoms with E-state index in [0.29, 0.717) is 6.04 Å². The fraction of sp³-hybridized carbons (Fsp3) is 1.00. The number of nitrogens with one attached hydrogen (secondary N) is 1. The van der Waals surface area contributed by atoms with Gasteiger partial charge in [-0.05, 0) is 20.0 Å². The van der Waals surface area contributed by atoms with Crippen molar-refractivity contribution >= 4 is 11.8 Å². The van der Waals surface area contributed by atoms with Gasteiger partial charge in [0.2, 0.25) is 0 Å². The Hall–Kier alpha value is 0.270. The van der Waals surface area contributed by atoms with Gasteiger partial charge < -0.3 is 10.2 Å². The highest BCUT2D eigenvalue weighted by atomic mass is 32.2. The predicted molar refractivity (Wildman–Crippen MR) is 89.2 cm³/mol. The topological polar surface area (TPSA) is 15.3 Å². The zero-order valence-corrected chi connectivity index (χ0v) is 14.1. The molecule has 2 atom stereocenters. The molecule has 1 aliphatic rings. The fourth-order valence-corrected chi connectivity index (χ4v) is 4.28. The van der Waals surface area contributed by atoms with Crippen molar-refractivity contribution in [3.8, 4) is 0 Å². The van der Waals surface area contributed by atoms with Crippen LogP contribution in [-0.4, -0.2) is 48.6 Å². The van der Waals surface area contributed by atoms with Crippen LogP contribution in [0.2, 0.25) is 0 Å². The zero-order valence-electron chi connectivity index (χ0n) is 13.3. The third kappa shape index (κ3) is 7.01. The highest BCUT2D eigenvalue weighted by Crippen LogP contribution is 2.20. The maximum atomic E-state index is 3.73. The van der Waals surface area contributed by atoms with E-state index in [1.807, 2.05) is 0 Å². The summed E-state index contributed by atoms with van der Waals surface area (Å²) in [6, 6.07) is 1.45. The van der Waals surface area contributed by atoms with Gasteiger partial charge in [-0.25, -0.2) is 0 Å². The van der Waals surface area contributed by atoms with E-state index in [2.05, 4.69) is 42.9 Å². The zero-order chi connectivity index (χ0) is 13.9. The number of hydrogen-bond donors (Lipinski definition) is 1. The molecule has 0 amide bonds. The van der Waals surface area contributed by atoms with Crippen LogP contribution in [0.4, 0.5) is 0 Å². The minimum absolute atomic E-state index is 0.703. The summed E-state index contributed by atoms with van der Waals surface area (Å²) in [6.07, 6.45) is 9.81. The summed E-state index contributed by atoms with van der Waals surface area (Å²) in [6.45, 7) is 6.89. The van der Waals surface area contributed by atoms with Crippen molar-refractivity contribution in [2.75, 3.05) is 31.6 Å². The Morgan fingerprint density at radius 1 is 1.16 bits per heavy atom. The molecule has 2 unspecified atom stereocenters. The molecule has 1 N–H and O–H groups in total. The van der Waals surface area contributed by atoms with Crippen molar-refractivity contribution in [2.45, 2.75) is 70.9 Å². The van der Waals surface area contributed by atoms with Crippen LogP contribution in [0.1, 0.15) is 58.8 Å². The molecule has 1 aliphatic heterocycles. The second kappa shape index (κ2) is 11.0. The van der Waals surface area contributed by atoms with E-state index in [0.717, 1.165) is 12.6 Å². The number of unbranched alkanes of at least 4 members (excludes halogenated alkanes) is 5. The molecular formula is C16H34N2S. The van der Waals surface area contributed by atoms with E-state index in [1.165, 1.54) is 63.0 Å². The average molecular weight is 287 g/mol. The number of hydrogen-bond acceptors (Lipinski definition) is 3. The van der Waals surface area contributed by atoms with Gasteiger partial charge >= 0.3 is 0 Å². The molecule has 0 bridgehead atoms. The molecule has 0 aromatic carbocycles. The van der Waals surface area contributed by atoms with Crippen LogP contribution in [0.15, 0.2) is 0 Å². The SMILES string of the molecule is CCCCCCCCC(NCC)C1CSCCN1C. The van der Waals surface area contributed by atoms with Crippen molar-refractivity contribution in [3.05, 3.63) is 0 Å². The third-order valence-electron chi connectivity index (χ3n) is 4.24. The summed E-state index contributed by atoms with van der Waals surface area (Å²) < 4.78 is 0. The molecule has 0 aromatic heterocycles. The first-order valence-corrected chi connectivity index (χ1v) is 9.46. The van der Waals surface area contributed by atoms with Gasteiger partial charge in [-0.3, -0.25) is 0 Å². The van der Waals surface area contributed by atoms with Gasteiger partial charge in [-0.1, -0.05) is 52.4 Å². The van der Waals surface area contributed by atoms with Gasteiger partial charge in [0, 0.05) is 30.1 Å². The number of thioether (sulfide) groups is 1. The first kappa shape index (κ1) is 17.3. The molecule has 1 heterocycles. The number of nitrogens with zero attached hydrogens (tertiary/aromatic N) is 1. The molecule has 0 saturated carbocycles. The van der Waals surface area contributed by atoms with Crippen molar-refractivity contribution in [1.82, 2.24) is 10.2 Å². The van der Waals surface area contributed by atoms with Crippen LogP contribution in [0, 0.1) is 0 Å². The van der Waals surface area contributed by atoms with E-state index in [-0.39, 0.29) is 0 Å². The van der Waals surface area contributed by atoms with Crippen LogP contribution < -0.4 is 5.32 Å². The lowest BCUT2D eigenvalue weighted by molar-refractivity contribution is 0.207. The van der Waals surface area contributed by atoms with E-state index >= 15 is 0 Å². The van der Waals surface area contributed by atoms with Gasteiger partial charge in [-0.2, -0.15) is 11.8 Å². The normalized spacial score (nSPS) is 22.6. The van der Waals surface area contributed by atoms with Crippen LogP contribution in [0.25, 0.3) is 0 Å². The summed E-state index contributed by atoms with van der Waals surface area (Å²) in [5, 5.41) is 3.73. The minimum atomic E-state index is 0.703. The lowest BCUT2D eigenvalue weighted by Gasteiger charge is -2.38. The molecule has 0 radical (unpaired) electrons. The second-order valence-corrected chi connectivity index (χ2v) is 6.99. The third-order valence-corrected chi connectivity index (χ3v) is 5.29.